The van der Waals surface area contributed by atoms with Gasteiger partial charge in [0.1, 0.15) is 22.8 Å². The van der Waals surface area contributed by atoms with Crippen LogP contribution in [-0.2, 0) is 4.74 Å². The van der Waals surface area contributed by atoms with Gasteiger partial charge in [-0.3, -0.25) is 4.79 Å². The Balaban J connectivity index is 1.79. The molecule has 3 rings (SSSR count). The molecule has 0 saturated carbocycles. The Labute approximate surface area is 161 Å². The van der Waals surface area contributed by atoms with Gasteiger partial charge in [0.25, 0.3) is 0 Å². The zero-order chi connectivity index (χ0) is 20.3. The molecule has 0 aliphatic carbocycles. The maximum atomic E-state index is 12.5. The lowest BCUT2D eigenvalue weighted by atomic mass is 10.0. The highest BCUT2D eigenvalue weighted by Crippen LogP contribution is 2.35. The highest BCUT2D eigenvalue weighted by molar-refractivity contribution is 6.05. The number of aromatic hydroxyl groups is 2. The van der Waals surface area contributed by atoms with Crippen LogP contribution in [-0.4, -0.2) is 34.7 Å². The summed E-state index contributed by atoms with van der Waals surface area (Å²) in [5.41, 5.74) is 0.164. The minimum absolute atomic E-state index is 0.161. The van der Waals surface area contributed by atoms with Crippen LogP contribution < -0.4 is 4.74 Å². The molecular weight excluding hydrogens is 360 g/mol. The number of fused-ring (bicyclic) bond motifs is 1. The number of Topliss-reactive ketones (excluding diaryl/α,β-unsaturated/α-hetero) is 1. The first-order valence-corrected chi connectivity index (χ1v) is 8.84. The van der Waals surface area contributed by atoms with Crippen molar-refractivity contribution in [2.24, 2.45) is 0 Å². The summed E-state index contributed by atoms with van der Waals surface area (Å²) in [5, 5.41) is 21.2. The average Bonchev–Trinajstić information content (AvgIpc) is 2.71. The Bertz CT molecular complexity index is 1020. The van der Waals surface area contributed by atoms with Crippen LogP contribution in [0.5, 0.6) is 17.2 Å². The van der Waals surface area contributed by atoms with E-state index in [1.165, 1.54) is 6.92 Å². The topological polar surface area (TPSA) is 93.1 Å². The smallest absolute Gasteiger partial charge is 0.342 e. The van der Waals surface area contributed by atoms with Gasteiger partial charge in [0.05, 0.1) is 6.61 Å². The van der Waals surface area contributed by atoms with Crippen molar-refractivity contribution in [3.63, 3.8) is 0 Å². The standard InChI is InChI=1S/C22H20O6/c1-3-27-15-10-8-14(9-11-15)20(24)13(2)28-22(26)18-12-19(23)16-6-4-5-7-17(16)21(18)25/h4-13,23,25H,3H2,1-2H3/t13-/m1/s1. The molecule has 0 fully saturated rings. The zero-order valence-corrected chi connectivity index (χ0v) is 15.5. The summed E-state index contributed by atoms with van der Waals surface area (Å²) in [6.45, 7) is 3.83. The number of phenols is 2. The Morgan fingerprint density at radius 3 is 2.29 bits per heavy atom. The number of hydrogen-bond donors (Lipinski definition) is 2. The summed E-state index contributed by atoms with van der Waals surface area (Å²) in [6, 6.07) is 14.2. The normalized spacial score (nSPS) is 11.8. The van der Waals surface area contributed by atoms with E-state index in [0.717, 1.165) is 6.07 Å². The van der Waals surface area contributed by atoms with Crippen molar-refractivity contribution in [3.05, 3.63) is 65.7 Å². The van der Waals surface area contributed by atoms with Crippen molar-refractivity contribution < 1.29 is 29.3 Å². The van der Waals surface area contributed by atoms with Gasteiger partial charge in [-0.25, -0.2) is 4.79 Å². The third-order valence-electron chi connectivity index (χ3n) is 4.32. The van der Waals surface area contributed by atoms with Crippen LogP contribution >= 0.6 is 0 Å². The molecule has 0 heterocycles. The molecule has 6 nitrogen and oxygen atoms in total. The van der Waals surface area contributed by atoms with Crippen LogP contribution in [0.3, 0.4) is 0 Å². The van der Waals surface area contributed by atoms with E-state index in [1.54, 1.807) is 48.5 Å². The first-order valence-electron chi connectivity index (χ1n) is 8.84. The van der Waals surface area contributed by atoms with Gasteiger partial charge in [0.2, 0.25) is 5.78 Å². The maximum Gasteiger partial charge on any atom is 0.342 e. The molecule has 144 valence electrons. The van der Waals surface area contributed by atoms with Gasteiger partial charge >= 0.3 is 5.97 Å². The molecule has 3 aromatic carbocycles. The van der Waals surface area contributed by atoms with Crippen LogP contribution in [0.1, 0.15) is 34.6 Å². The van der Waals surface area contributed by atoms with Crippen LogP contribution in [0.25, 0.3) is 10.8 Å². The van der Waals surface area contributed by atoms with Crippen LogP contribution in [0, 0.1) is 0 Å². The number of esters is 1. The van der Waals surface area contributed by atoms with Crippen LogP contribution in [0.2, 0.25) is 0 Å². The second-order valence-corrected chi connectivity index (χ2v) is 6.21. The number of ketones is 1. The molecule has 3 aromatic rings. The van der Waals surface area contributed by atoms with E-state index < -0.39 is 12.1 Å². The zero-order valence-electron chi connectivity index (χ0n) is 15.5. The summed E-state index contributed by atoms with van der Waals surface area (Å²) in [5.74, 6) is -1.11. The van der Waals surface area contributed by atoms with E-state index in [-0.39, 0.29) is 22.8 Å². The first kappa shape index (κ1) is 19.2. The lowest BCUT2D eigenvalue weighted by Gasteiger charge is -2.14. The third kappa shape index (κ3) is 3.76. The van der Waals surface area contributed by atoms with Gasteiger partial charge in [-0.1, -0.05) is 24.3 Å². The third-order valence-corrected chi connectivity index (χ3v) is 4.32. The van der Waals surface area contributed by atoms with Crippen molar-refractivity contribution in [1.82, 2.24) is 0 Å². The number of benzene rings is 3. The molecule has 0 radical (unpaired) electrons. The fourth-order valence-electron chi connectivity index (χ4n) is 2.89. The van der Waals surface area contributed by atoms with Gasteiger partial charge in [-0.05, 0) is 44.2 Å². The lowest BCUT2D eigenvalue weighted by molar-refractivity contribution is 0.0316. The van der Waals surface area contributed by atoms with Crippen molar-refractivity contribution in [2.45, 2.75) is 20.0 Å². The number of carbonyl (C=O) groups is 2. The fourth-order valence-corrected chi connectivity index (χ4v) is 2.89. The predicted molar refractivity (Wildman–Crippen MR) is 104 cm³/mol. The number of ether oxygens (including phenoxy) is 2. The summed E-state index contributed by atoms with van der Waals surface area (Å²) < 4.78 is 10.6. The molecular formula is C22H20O6. The fraction of sp³-hybridized carbons (Fsp3) is 0.182. The van der Waals surface area contributed by atoms with E-state index in [2.05, 4.69) is 0 Å². The molecule has 1 atom stereocenters. The SMILES string of the molecule is CCOc1ccc(C(=O)[C@@H](C)OC(=O)c2cc(O)c3ccccc3c2O)cc1. The number of hydrogen-bond acceptors (Lipinski definition) is 6. The maximum absolute atomic E-state index is 12.5. The molecule has 0 aromatic heterocycles. The molecule has 28 heavy (non-hydrogen) atoms. The second-order valence-electron chi connectivity index (χ2n) is 6.21. The Morgan fingerprint density at radius 1 is 1.00 bits per heavy atom. The van der Waals surface area contributed by atoms with Gasteiger partial charge in [-0.15, -0.1) is 0 Å². The largest absolute Gasteiger partial charge is 0.507 e. The average molecular weight is 380 g/mol. The van der Waals surface area contributed by atoms with E-state index in [4.69, 9.17) is 9.47 Å². The van der Waals surface area contributed by atoms with Gasteiger partial charge in [0, 0.05) is 16.3 Å². The molecule has 0 saturated heterocycles. The second kappa shape index (κ2) is 8.00. The minimum atomic E-state index is -1.07. The Hall–Kier alpha value is -3.54. The minimum Gasteiger partial charge on any atom is -0.507 e. The summed E-state index contributed by atoms with van der Waals surface area (Å²) in [4.78, 5) is 25.0. The van der Waals surface area contributed by atoms with Crippen molar-refractivity contribution in [1.29, 1.82) is 0 Å². The molecule has 0 unspecified atom stereocenters. The molecule has 0 amide bonds. The Morgan fingerprint density at radius 2 is 1.64 bits per heavy atom. The summed E-state index contributed by atoms with van der Waals surface area (Å²) in [6.07, 6.45) is -1.07. The molecule has 0 spiro atoms. The summed E-state index contributed by atoms with van der Waals surface area (Å²) >= 11 is 0. The molecule has 0 aliphatic heterocycles. The van der Waals surface area contributed by atoms with E-state index in [1.807, 2.05) is 6.92 Å². The van der Waals surface area contributed by atoms with Gasteiger partial charge in [-0.2, -0.15) is 0 Å². The number of phenolic OH excluding ortho intramolecular Hbond substituents is 2. The van der Waals surface area contributed by atoms with Crippen LogP contribution in [0.15, 0.2) is 54.6 Å². The highest BCUT2D eigenvalue weighted by atomic mass is 16.5. The molecule has 0 aliphatic rings. The van der Waals surface area contributed by atoms with Gasteiger partial charge in [0.15, 0.2) is 6.10 Å². The Kier molecular flexibility index (Phi) is 5.49. The van der Waals surface area contributed by atoms with Crippen LogP contribution in [0.4, 0.5) is 0 Å². The summed E-state index contributed by atoms with van der Waals surface area (Å²) in [7, 11) is 0. The molecule has 0 bridgehead atoms. The first-order chi connectivity index (χ1) is 13.4. The number of rotatable bonds is 6. The van der Waals surface area contributed by atoms with E-state index in [9.17, 15) is 19.8 Å². The van der Waals surface area contributed by atoms with Crippen molar-refractivity contribution in [2.75, 3.05) is 6.61 Å². The molecule has 6 heteroatoms. The monoisotopic (exact) mass is 380 g/mol. The van der Waals surface area contributed by atoms with E-state index in [0.29, 0.717) is 28.7 Å². The molecule has 2 N–H and O–H groups in total. The lowest BCUT2D eigenvalue weighted by Crippen LogP contribution is -2.24. The highest BCUT2D eigenvalue weighted by Gasteiger charge is 2.24. The van der Waals surface area contributed by atoms with Crippen molar-refractivity contribution in [3.8, 4) is 17.2 Å². The van der Waals surface area contributed by atoms with E-state index >= 15 is 0 Å². The predicted octanol–water partition coefficient (Wildman–Crippen LogP) is 4.08. The quantitative estimate of drug-likeness (QED) is 0.380. The number of carbonyl (C=O) groups excluding carboxylic acids is 2. The van der Waals surface area contributed by atoms with Crippen molar-refractivity contribution >= 4 is 22.5 Å². The van der Waals surface area contributed by atoms with Gasteiger partial charge < -0.3 is 19.7 Å².